The van der Waals surface area contributed by atoms with E-state index in [9.17, 15) is 20.6 Å². The molecule has 0 saturated heterocycles. The summed E-state index contributed by atoms with van der Waals surface area (Å²) >= 11 is 0. The molecule has 0 aliphatic heterocycles. The maximum atomic E-state index is 9.76. The van der Waals surface area contributed by atoms with Crippen LogP contribution in [0.3, 0.4) is 0 Å². The van der Waals surface area contributed by atoms with E-state index in [0.29, 0.717) is 0 Å². The molecule has 2 aliphatic rings. The lowest BCUT2D eigenvalue weighted by atomic mass is 9.68. The molecule has 0 unspecified atom stereocenters. The largest absolute Gasteiger partial charge is 0.0731 e. The summed E-state index contributed by atoms with van der Waals surface area (Å²) in [6.45, 7) is 0. The smallest absolute Gasteiger partial charge is 0.0619 e. The van der Waals surface area contributed by atoms with Crippen molar-refractivity contribution in [1.29, 1.82) is 0 Å². The molecule has 0 amide bonds. The lowest BCUT2D eigenvalue weighted by Gasteiger charge is -2.32. The minimum atomic E-state index is -2.76. The van der Waals surface area contributed by atoms with Gasteiger partial charge in [-0.1, -0.05) is 175 Å². The first-order chi connectivity index (χ1) is 36.4. The predicted molar refractivity (Wildman–Crippen MR) is 206 cm³/mol. The van der Waals surface area contributed by atoms with Gasteiger partial charge in [-0.25, -0.2) is 0 Å². The fraction of sp³-hybridized carbons (Fsp3) is 0.0204. The molecule has 0 heteroatoms. The Morgan fingerprint density at radius 3 is 1.29 bits per heavy atom. The van der Waals surface area contributed by atoms with E-state index in [-0.39, 0.29) is 0 Å². The van der Waals surface area contributed by atoms with Crippen molar-refractivity contribution in [3.63, 3.8) is 0 Å². The molecule has 226 valence electrons. The zero-order valence-electron chi connectivity index (χ0n) is 53.6. The number of rotatable bonds is 2. The predicted octanol–water partition coefficient (Wildman–Crippen LogP) is 12.8. The van der Waals surface area contributed by atoms with Gasteiger partial charge in [-0.2, -0.15) is 0 Å². The van der Waals surface area contributed by atoms with E-state index >= 15 is 0 Å². The Hall–Kier alpha value is -6.24. The Labute approximate surface area is 326 Å². The topological polar surface area (TPSA) is 0 Å². The van der Waals surface area contributed by atoms with Crippen LogP contribution in [0.15, 0.2) is 181 Å². The highest BCUT2D eigenvalue weighted by Crippen LogP contribution is 2.64. The summed E-state index contributed by atoms with van der Waals surface area (Å²) in [7, 11) is 0. The molecule has 0 atom stereocenters. The van der Waals surface area contributed by atoms with Crippen molar-refractivity contribution in [3.05, 3.63) is 204 Å². The SMILES string of the molecule is [2H]c1cc(-c2c([2H])c([2H])c(-c3c([2H])c([2H])c4c5c([2H])c([2H])c([2H])c([2H])c5c5c([2H])c([2H])c([2H])c([2H])c5c4c3[2H])c([2H])c2[2H])c2c(c1[2H])-c1c([2H])c([2H])c([2H])c([2H])c1C21c2c([2H])c([2H])c([2H])c([2H])c2-c2c([2H])c([2H])c([2H])c([2H])c21. The van der Waals surface area contributed by atoms with E-state index in [4.69, 9.17) is 19.2 Å². The third kappa shape index (κ3) is 3.48. The second-order valence-corrected chi connectivity index (χ2v) is 11.3. The summed E-state index contributed by atoms with van der Waals surface area (Å²) in [5.41, 5.74) is -10.3. The molecule has 1 spiro atoms. The Balaban J connectivity index is 1.35. The third-order valence-corrected chi connectivity index (χ3v) is 9.08. The zero-order valence-corrected chi connectivity index (χ0v) is 24.6. The first kappa shape index (κ1) is 11.2. The van der Waals surface area contributed by atoms with Crippen LogP contribution in [0.1, 0.15) is 62.0 Å². The first-order valence-corrected chi connectivity index (χ1v) is 14.8. The molecule has 2 aliphatic carbocycles. The van der Waals surface area contributed by atoms with Gasteiger partial charge in [-0.3, -0.25) is 0 Å². The molecule has 0 saturated carbocycles. The van der Waals surface area contributed by atoms with Crippen molar-refractivity contribution in [1.82, 2.24) is 0 Å². The van der Waals surface area contributed by atoms with Crippen LogP contribution in [0, 0.1) is 0 Å². The molecule has 0 fully saturated rings. The standard InChI is InChI=1S/C49H30/c1-2-14-37-35(12-1)36-13-3-4-15-38(36)44-30-33(28-29-39(37)44)31-24-26-32(27-25-31)34-19-11-20-43-42-18-7-10-23-47(42)49(48(34)43)45-21-8-5-16-40(45)41-17-6-9-22-46(41)49/h1-30H/i1D,2D,3D,4D,5D,6D,7D,8D,9D,10D,11D,12D,13D,14D,15D,16D,17D,18D,20D,21D,22D,23D,24D,25D,26D,27D,28D,29D,30D. The van der Waals surface area contributed by atoms with Gasteiger partial charge in [0.15, 0.2) is 0 Å². The van der Waals surface area contributed by atoms with Crippen LogP contribution in [0.25, 0.3) is 76.8 Å². The van der Waals surface area contributed by atoms with Crippen molar-refractivity contribution in [3.8, 4) is 44.5 Å². The molecular formula is C49H30. The Morgan fingerprint density at radius 2 is 0.714 bits per heavy atom. The van der Waals surface area contributed by atoms with Crippen molar-refractivity contribution >= 4 is 32.3 Å². The highest BCUT2D eigenvalue weighted by molar-refractivity contribution is 6.25. The van der Waals surface area contributed by atoms with Crippen LogP contribution in [-0.4, -0.2) is 0 Å². The fourth-order valence-electron chi connectivity index (χ4n) is 7.17. The summed E-state index contributed by atoms with van der Waals surface area (Å²) in [6.07, 6.45) is 0. The van der Waals surface area contributed by atoms with E-state index in [1.54, 1.807) is 0 Å². The maximum Gasteiger partial charge on any atom is 0.0731 e. The number of hydrogen-bond acceptors (Lipinski definition) is 0. The number of hydrogen-bond donors (Lipinski definition) is 0. The summed E-state index contributed by atoms with van der Waals surface area (Å²) in [5.74, 6) is 0. The molecular weight excluding hydrogens is 589 g/mol. The summed E-state index contributed by atoms with van der Waals surface area (Å²) in [5, 5.41) is -3.12. The molecule has 0 nitrogen and oxygen atoms in total. The molecule has 9 aromatic carbocycles. The second kappa shape index (κ2) is 9.89. The van der Waals surface area contributed by atoms with E-state index < -0.39 is 280 Å². The number of fused-ring (bicyclic) bond motifs is 16. The summed E-state index contributed by atoms with van der Waals surface area (Å²) in [4.78, 5) is 0. The van der Waals surface area contributed by atoms with Crippen LogP contribution in [0.5, 0.6) is 0 Å². The van der Waals surface area contributed by atoms with Crippen LogP contribution in [-0.2, 0) is 5.41 Å². The fourth-order valence-corrected chi connectivity index (χ4v) is 7.17. The van der Waals surface area contributed by atoms with E-state index in [1.807, 2.05) is 0 Å². The van der Waals surface area contributed by atoms with Crippen LogP contribution in [0.4, 0.5) is 0 Å². The van der Waals surface area contributed by atoms with Gasteiger partial charge in [-0.05, 0) is 105 Å². The van der Waals surface area contributed by atoms with Gasteiger partial charge in [0, 0.05) is 0 Å². The highest BCUT2D eigenvalue weighted by Gasteiger charge is 2.52. The maximum absolute atomic E-state index is 9.76. The third-order valence-electron chi connectivity index (χ3n) is 9.08. The average molecular weight is 648 g/mol. The summed E-state index contributed by atoms with van der Waals surface area (Å²) in [6, 6.07) is -25.1. The highest BCUT2D eigenvalue weighted by atomic mass is 14.5. The molecule has 49 heavy (non-hydrogen) atoms. The van der Waals surface area contributed by atoms with Gasteiger partial charge >= 0.3 is 0 Å². The Bertz CT molecular complexity index is 4310. The minimum Gasteiger partial charge on any atom is -0.0619 e. The minimum absolute atomic E-state index is 0.462. The van der Waals surface area contributed by atoms with Crippen molar-refractivity contribution in [2.75, 3.05) is 0 Å². The zero-order chi connectivity index (χ0) is 57.3. The van der Waals surface area contributed by atoms with Crippen LogP contribution in [0.2, 0.25) is 0 Å². The second-order valence-electron chi connectivity index (χ2n) is 11.3. The normalized spacial score (nSPS) is 21.8. The van der Waals surface area contributed by atoms with Gasteiger partial charge < -0.3 is 0 Å². The Kier molecular flexibility index (Phi) is 2.25. The van der Waals surface area contributed by atoms with Crippen molar-refractivity contribution in [2.24, 2.45) is 0 Å². The van der Waals surface area contributed by atoms with Crippen molar-refractivity contribution < 1.29 is 39.8 Å². The molecule has 9 aromatic rings. The monoisotopic (exact) mass is 647 g/mol. The van der Waals surface area contributed by atoms with Gasteiger partial charge in [0.25, 0.3) is 0 Å². The van der Waals surface area contributed by atoms with Gasteiger partial charge in [0.05, 0.1) is 45.2 Å². The molecule has 11 rings (SSSR count). The van der Waals surface area contributed by atoms with Crippen molar-refractivity contribution in [2.45, 2.75) is 5.41 Å². The molecule has 0 aromatic heterocycles. The quantitative estimate of drug-likeness (QED) is 0.164. The molecule has 0 bridgehead atoms. The number of benzene rings is 9. The lowest BCUT2D eigenvalue weighted by molar-refractivity contribution is 0.796. The summed E-state index contributed by atoms with van der Waals surface area (Å²) < 4.78 is 265. The van der Waals surface area contributed by atoms with Crippen LogP contribution < -0.4 is 0 Å². The van der Waals surface area contributed by atoms with Gasteiger partial charge in [0.1, 0.15) is 0 Å². The lowest BCUT2D eigenvalue weighted by Crippen LogP contribution is -2.26. The molecule has 0 radical (unpaired) electrons. The molecule has 0 heterocycles. The van der Waals surface area contributed by atoms with E-state index in [2.05, 4.69) is 0 Å². The van der Waals surface area contributed by atoms with Gasteiger partial charge in [0.2, 0.25) is 0 Å². The Morgan fingerprint density at radius 1 is 0.306 bits per heavy atom. The first-order valence-electron chi connectivity index (χ1n) is 29.3. The van der Waals surface area contributed by atoms with Gasteiger partial charge in [-0.15, -0.1) is 0 Å². The van der Waals surface area contributed by atoms with Crippen LogP contribution >= 0.6 is 0 Å². The van der Waals surface area contributed by atoms with E-state index in [0.717, 1.165) is 6.07 Å². The van der Waals surface area contributed by atoms with E-state index in [1.165, 1.54) is 0 Å². The molecule has 0 N–H and O–H groups in total. The average Bonchev–Trinajstić information content (AvgIpc) is 3.90.